The van der Waals surface area contributed by atoms with E-state index < -0.39 is 0 Å². The summed E-state index contributed by atoms with van der Waals surface area (Å²) in [4.78, 5) is 16.0. The lowest BCUT2D eigenvalue weighted by molar-refractivity contribution is 0.0953. The van der Waals surface area contributed by atoms with Gasteiger partial charge in [-0.2, -0.15) is 0 Å². The fourth-order valence-electron chi connectivity index (χ4n) is 1.91. The van der Waals surface area contributed by atoms with Crippen LogP contribution in [0.25, 0.3) is 0 Å². The molecule has 0 saturated carbocycles. The second-order valence-electron chi connectivity index (χ2n) is 4.88. The maximum Gasteiger partial charge on any atom is 0.252 e. The van der Waals surface area contributed by atoms with Crippen molar-refractivity contribution < 1.29 is 4.79 Å². The first-order chi connectivity index (χ1) is 10.5. The molecule has 0 aromatic carbocycles. The van der Waals surface area contributed by atoms with Crippen molar-refractivity contribution in [2.24, 2.45) is 7.05 Å². The molecule has 2 aromatic rings. The maximum absolute atomic E-state index is 11.8. The number of amides is 1. The highest BCUT2D eigenvalue weighted by molar-refractivity contribution is 6.41. The zero-order chi connectivity index (χ0) is 16.1. The minimum absolute atomic E-state index is 0.109. The number of carbonyl (C=O) groups is 1. The average molecular weight is 341 g/mol. The van der Waals surface area contributed by atoms with Crippen LogP contribution < -0.4 is 10.6 Å². The number of carbonyl (C=O) groups excluding carboxylic acids is 1. The van der Waals surface area contributed by atoms with Crippen LogP contribution in [0.15, 0.2) is 24.4 Å². The Hall–Kier alpha value is -1.72. The van der Waals surface area contributed by atoms with E-state index in [1.807, 2.05) is 24.6 Å². The summed E-state index contributed by atoms with van der Waals surface area (Å²) >= 11 is 12.0. The van der Waals surface area contributed by atoms with E-state index in [0.717, 1.165) is 12.1 Å². The standard InChI is InChI=1S/C15H18Cl2N4O/c1-3-6-18-15(22)10-4-5-13(19-8-10)20-9-11-7-12(16)14(17)21(11)2/h4-5,7-8H,3,6,9H2,1-2H3,(H,18,22)(H,19,20). The SMILES string of the molecule is CCCNC(=O)c1ccc(NCc2cc(Cl)c(Cl)n2C)nc1. The smallest absolute Gasteiger partial charge is 0.252 e. The normalized spacial score (nSPS) is 10.5. The molecule has 7 heteroatoms. The second kappa shape index (κ2) is 7.51. The van der Waals surface area contributed by atoms with Crippen LogP contribution in [0.5, 0.6) is 0 Å². The number of halogens is 2. The van der Waals surface area contributed by atoms with Gasteiger partial charge in [-0.05, 0) is 24.6 Å². The topological polar surface area (TPSA) is 59.0 Å². The van der Waals surface area contributed by atoms with E-state index >= 15 is 0 Å². The maximum atomic E-state index is 11.8. The lowest BCUT2D eigenvalue weighted by atomic mass is 10.2. The molecule has 0 radical (unpaired) electrons. The number of hydrogen-bond donors (Lipinski definition) is 2. The van der Waals surface area contributed by atoms with Crippen LogP contribution in [0.4, 0.5) is 5.82 Å². The van der Waals surface area contributed by atoms with Crippen molar-refractivity contribution in [3.63, 3.8) is 0 Å². The third-order valence-corrected chi connectivity index (χ3v) is 4.07. The molecule has 118 valence electrons. The van der Waals surface area contributed by atoms with Crippen LogP contribution in [0.1, 0.15) is 29.4 Å². The highest BCUT2D eigenvalue weighted by atomic mass is 35.5. The molecule has 2 aromatic heterocycles. The van der Waals surface area contributed by atoms with Gasteiger partial charge in [-0.1, -0.05) is 30.1 Å². The Kier molecular flexibility index (Phi) is 5.69. The summed E-state index contributed by atoms with van der Waals surface area (Å²) in [6.45, 7) is 3.21. The molecule has 0 saturated heterocycles. The van der Waals surface area contributed by atoms with Gasteiger partial charge >= 0.3 is 0 Å². The molecular formula is C15H18Cl2N4O. The lowest BCUT2D eigenvalue weighted by Gasteiger charge is -2.08. The van der Waals surface area contributed by atoms with Crippen LogP contribution in [-0.2, 0) is 13.6 Å². The number of aromatic nitrogens is 2. The predicted molar refractivity (Wildman–Crippen MR) is 89.6 cm³/mol. The number of pyridine rings is 1. The Morgan fingerprint density at radius 1 is 1.36 bits per heavy atom. The summed E-state index contributed by atoms with van der Waals surface area (Å²) < 4.78 is 1.81. The molecule has 22 heavy (non-hydrogen) atoms. The van der Waals surface area contributed by atoms with Crippen molar-refractivity contribution in [3.8, 4) is 0 Å². The fourth-order valence-corrected chi connectivity index (χ4v) is 2.33. The Bertz CT molecular complexity index is 652. The molecule has 0 aliphatic heterocycles. The van der Waals surface area contributed by atoms with Crippen molar-refractivity contribution in [1.82, 2.24) is 14.9 Å². The number of nitrogens with one attached hydrogen (secondary N) is 2. The van der Waals surface area contributed by atoms with E-state index in [1.54, 1.807) is 18.3 Å². The van der Waals surface area contributed by atoms with Crippen molar-refractivity contribution in [2.75, 3.05) is 11.9 Å². The molecule has 2 rings (SSSR count). The molecule has 2 N–H and O–H groups in total. The number of anilines is 1. The quantitative estimate of drug-likeness (QED) is 0.846. The van der Waals surface area contributed by atoms with Gasteiger partial charge < -0.3 is 15.2 Å². The monoisotopic (exact) mass is 340 g/mol. The second-order valence-corrected chi connectivity index (χ2v) is 5.64. The molecule has 5 nitrogen and oxygen atoms in total. The van der Waals surface area contributed by atoms with Gasteiger partial charge in [0, 0.05) is 25.5 Å². The summed E-state index contributed by atoms with van der Waals surface area (Å²) in [5.74, 6) is 0.572. The first-order valence-corrected chi connectivity index (χ1v) is 7.76. The lowest BCUT2D eigenvalue weighted by Crippen LogP contribution is -2.24. The van der Waals surface area contributed by atoms with Gasteiger partial charge in [-0.15, -0.1) is 0 Å². The van der Waals surface area contributed by atoms with Gasteiger partial charge in [-0.3, -0.25) is 4.79 Å². The van der Waals surface area contributed by atoms with E-state index in [1.165, 1.54) is 0 Å². The van der Waals surface area contributed by atoms with E-state index in [-0.39, 0.29) is 5.91 Å². The molecule has 0 bridgehead atoms. The zero-order valence-corrected chi connectivity index (χ0v) is 14.0. The summed E-state index contributed by atoms with van der Waals surface area (Å²) in [6.07, 6.45) is 2.46. The van der Waals surface area contributed by atoms with Gasteiger partial charge in [0.05, 0.1) is 17.1 Å². The molecule has 0 atom stereocenters. The van der Waals surface area contributed by atoms with Gasteiger partial charge in [0.2, 0.25) is 0 Å². The third-order valence-electron chi connectivity index (χ3n) is 3.23. The Morgan fingerprint density at radius 2 is 2.14 bits per heavy atom. The summed E-state index contributed by atoms with van der Waals surface area (Å²) in [7, 11) is 1.85. The largest absolute Gasteiger partial charge is 0.364 e. The van der Waals surface area contributed by atoms with Crippen molar-refractivity contribution >= 4 is 34.9 Å². The Labute approximate surface area is 139 Å². The molecular weight excluding hydrogens is 323 g/mol. The van der Waals surface area contributed by atoms with Gasteiger partial charge in [-0.25, -0.2) is 4.98 Å². The van der Waals surface area contributed by atoms with E-state index in [0.29, 0.717) is 34.6 Å². The van der Waals surface area contributed by atoms with Crippen LogP contribution in [-0.4, -0.2) is 22.0 Å². The first kappa shape index (κ1) is 16.6. The fraction of sp³-hybridized carbons (Fsp3) is 0.333. The summed E-state index contributed by atoms with van der Waals surface area (Å²) in [5.41, 5.74) is 1.49. The average Bonchev–Trinajstić information content (AvgIpc) is 2.78. The van der Waals surface area contributed by atoms with Crippen molar-refractivity contribution in [2.45, 2.75) is 19.9 Å². The molecule has 0 aliphatic carbocycles. The molecule has 0 fully saturated rings. The van der Waals surface area contributed by atoms with Gasteiger partial charge in [0.25, 0.3) is 5.91 Å². The Balaban J connectivity index is 1.96. The number of rotatable bonds is 6. The number of nitrogens with zero attached hydrogens (tertiary/aromatic N) is 2. The van der Waals surface area contributed by atoms with E-state index in [4.69, 9.17) is 23.2 Å². The van der Waals surface area contributed by atoms with Crippen molar-refractivity contribution in [3.05, 3.63) is 45.8 Å². The molecule has 1 amide bonds. The van der Waals surface area contributed by atoms with Crippen LogP contribution in [0.3, 0.4) is 0 Å². The molecule has 0 aliphatic rings. The Morgan fingerprint density at radius 3 is 2.68 bits per heavy atom. The molecule has 0 spiro atoms. The van der Waals surface area contributed by atoms with Gasteiger partial charge in [0.15, 0.2) is 0 Å². The number of hydrogen-bond acceptors (Lipinski definition) is 3. The highest BCUT2D eigenvalue weighted by Crippen LogP contribution is 2.25. The predicted octanol–water partition coefficient (Wildman–Crippen LogP) is 3.48. The van der Waals surface area contributed by atoms with Crippen LogP contribution in [0.2, 0.25) is 10.2 Å². The minimum atomic E-state index is -0.109. The first-order valence-electron chi connectivity index (χ1n) is 7.00. The van der Waals surface area contributed by atoms with Crippen LogP contribution >= 0.6 is 23.2 Å². The minimum Gasteiger partial charge on any atom is -0.364 e. The van der Waals surface area contributed by atoms with Crippen LogP contribution in [0, 0.1) is 0 Å². The van der Waals surface area contributed by atoms with Crippen molar-refractivity contribution in [1.29, 1.82) is 0 Å². The summed E-state index contributed by atoms with van der Waals surface area (Å²) in [6, 6.07) is 5.32. The zero-order valence-electron chi connectivity index (χ0n) is 12.5. The summed E-state index contributed by atoms with van der Waals surface area (Å²) in [5, 5.41) is 7.01. The van der Waals surface area contributed by atoms with E-state index in [2.05, 4.69) is 15.6 Å². The molecule has 0 unspecified atom stereocenters. The van der Waals surface area contributed by atoms with E-state index in [9.17, 15) is 4.79 Å². The highest BCUT2D eigenvalue weighted by Gasteiger charge is 2.09. The third kappa shape index (κ3) is 3.93. The molecule has 2 heterocycles. The van der Waals surface area contributed by atoms with Gasteiger partial charge in [0.1, 0.15) is 11.0 Å².